The zero-order valence-corrected chi connectivity index (χ0v) is 13.9. The number of phenols is 1. The van der Waals surface area contributed by atoms with Crippen LogP contribution in [0.15, 0.2) is 77.8 Å². The van der Waals surface area contributed by atoms with E-state index in [4.69, 9.17) is 9.47 Å². The molecule has 25 heavy (non-hydrogen) atoms. The second kappa shape index (κ2) is 8.02. The Morgan fingerprint density at radius 1 is 0.880 bits per heavy atom. The summed E-state index contributed by atoms with van der Waals surface area (Å²) in [4.78, 5) is 4.39. The van der Waals surface area contributed by atoms with Gasteiger partial charge in [0.25, 0.3) is 0 Å². The Labute approximate surface area is 147 Å². The third-order valence-corrected chi connectivity index (χ3v) is 3.50. The first-order valence-electron chi connectivity index (χ1n) is 8.08. The molecule has 0 amide bonds. The molecule has 1 N–H and O–H groups in total. The Balaban J connectivity index is 1.71. The highest BCUT2D eigenvalue weighted by Crippen LogP contribution is 2.29. The molecule has 4 heteroatoms. The Hall–Kier alpha value is -3.27. The number of hydrogen-bond donors (Lipinski definition) is 1. The number of aliphatic imine (C=N–C) groups is 1. The Bertz CT molecular complexity index is 843. The molecule has 0 saturated carbocycles. The molecule has 0 bridgehead atoms. The number of aromatic hydroxyl groups is 1. The first-order chi connectivity index (χ1) is 12.3. The van der Waals surface area contributed by atoms with Gasteiger partial charge in [-0.25, -0.2) is 0 Å². The maximum absolute atomic E-state index is 10.2. The van der Waals surface area contributed by atoms with Crippen LogP contribution in [0.2, 0.25) is 0 Å². The molecule has 3 rings (SSSR count). The van der Waals surface area contributed by atoms with Gasteiger partial charge in [-0.2, -0.15) is 0 Å². The van der Waals surface area contributed by atoms with E-state index in [2.05, 4.69) is 4.99 Å². The van der Waals surface area contributed by atoms with Crippen LogP contribution in [-0.4, -0.2) is 17.9 Å². The molecule has 0 atom stereocenters. The summed E-state index contributed by atoms with van der Waals surface area (Å²) in [6.07, 6.45) is 1.62. The van der Waals surface area contributed by atoms with Crippen LogP contribution in [0.5, 0.6) is 23.0 Å². The van der Waals surface area contributed by atoms with E-state index in [0.717, 1.165) is 17.2 Å². The Morgan fingerprint density at radius 2 is 1.60 bits per heavy atom. The smallest absolute Gasteiger partial charge is 0.166 e. The minimum atomic E-state index is 0.0946. The summed E-state index contributed by atoms with van der Waals surface area (Å²) >= 11 is 0. The standard InChI is InChI=1S/C21H19NO3/c1-2-24-20-10-6-7-16(21(20)23)15-22-17-11-13-19(14-12-17)25-18-8-4-3-5-9-18/h3-15,23H,2H2,1H3. The third-order valence-electron chi connectivity index (χ3n) is 3.50. The molecule has 3 aromatic rings. The number of ether oxygens (including phenoxy) is 2. The lowest BCUT2D eigenvalue weighted by molar-refractivity contribution is 0.318. The van der Waals surface area contributed by atoms with Crippen molar-refractivity contribution in [3.63, 3.8) is 0 Å². The SMILES string of the molecule is CCOc1cccc(C=Nc2ccc(Oc3ccccc3)cc2)c1O. The van der Waals surface area contributed by atoms with Crippen LogP contribution in [0.1, 0.15) is 12.5 Å². The molecule has 4 nitrogen and oxygen atoms in total. The van der Waals surface area contributed by atoms with Crippen molar-refractivity contribution >= 4 is 11.9 Å². The van der Waals surface area contributed by atoms with Gasteiger partial charge < -0.3 is 14.6 Å². The Morgan fingerprint density at radius 3 is 2.32 bits per heavy atom. The molecule has 0 unspecified atom stereocenters. The van der Waals surface area contributed by atoms with Gasteiger partial charge in [0, 0.05) is 11.8 Å². The van der Waals surface area contributed by atoms with E-state index in [9.17, 15) is 5.11 Å². The maximum atomic E-state index is 10.2. The number of hydrogen-bond acceptors (Lipinski definition) is 4. The van der Waals surface area contributed by atoms with E-state index < -0.39 is 0 Å². The van der Waals surface area contributed by atoms with Crippen LogP contribution in [0.3, 0.4) is 0 Å². The largest absolute Gasteiger partial charge is 0.504 e. The average Bonchev–Trinajstić information content (AvgIpc) is 2.65. The summed E-state index contributed by atoms with van der Waals surface area (Å²) in [6, 6.07) is 22.4. The fraction of sp³-hybridized carbons (Fsp3) is 0.0952. The molecule has 0 aliphatic rings. The minimum absolute atomic E-state index is 0.0946. The number of phenolic OH excluding ortho intramolecular Hbond substituents is 1. The zero-order chi connectivity index (χ0) is 17.5. The molecule has 3 aromatic carbocycles. The molecule has 0 spiro atoms. The molecular formula is C21H19NO3. The third kappa shape index (κ3) is 4.38. The molecule has 0 fully saturated rings. The number of nitrogens with zero attached hydrogens (tertiary/aromatic N) is 1. The van der Waals surface area contributed by atoms with Crippen molar-refractivity contribution in [3.8, 4) is 23.0 Å². The van der Waals surface area contributed by atoms with Gasteiger partial charge in [-0.1, -0.05) is 24.3 Å². The van der Waals surface area contributed by atoms with E-state index in [1.165, 1.54) is 0 Å². The predicted molar refractivity (Wildman–Crippen MR) is 99.5 cm³/mol. The van der Waals surface area contributed by atoms with Gasteiger partial charge in [0.1, 0.15) is 11.5 Å². The second-order valence-corrected chi connectivity index (χ2v) is 5.29. The van der Waals surface area contributed by atoms with Crippen molar-refractivity contribution in [2.45, 2.75) is 6.92 Å². The molecule has 0 aromatic heterocycles. The lowest BCUT2D eigenvalue weighted by Crippen LogP contribution is -1.93. The summed E-state index contributed by atoms with van der Waals surface area (Å²) in [7, 11) is 0. The van der Waals surface area contributed by atoms with Gasteiger partial charge in [0.05, 0.1) is 12.3 Å². The van der Waals surface area contributed by atoms with E-state index in [1.54, 1.807) is 18.3 Å². The van der Waals surface area contributed by atoms with E-state index in [0.29, 0.717) is 17.9 Å². The van der Waals surface area contributed by atoms with Crippen molar-refractivity contribution < 1.29 is 14.6 Å². The van der Waals surface area contributed by atoms with Crippen LogP contribution in [0.4, 0.5) is 5.69 Å². The molecular weight excluding hydrogens is 314 g/mol. The molecule has 0 saturated heterocycles. The lowest BCUT2D eigenvalue weighted by atomic mass is 10.2. The van der Waals surface area contributed by atoms with E-state index >= 15 is 0 Å². The van der Waals surface area contributed by atoms with Crippen molar-refractivity contribution in [3.05, 3.63) is 78.4 Å². The highest BCUT2D eigenvalue weighted by Gasteiger charge is 2.05. The molecule has 0 heterocycles. The summed E-state index contributed by atoms with van der Waals surface area (Å²) in [5, 5.41) is 10.2. The molecule has 0 aliphatic heterocycles. The average molecular weight is 333 g/mol. The second-order valence-electron chi connectivity index (χ2n) is 5.29. The van der Waals surface area contributed by atoms with Crippen molar-refractivity contribution in [2.24, 2.45) is 4.99 Å². The fourth-order valence-electron chi connectivity index (χ4n) is 2.28. The minimum Gasteiger partial charge on any atom is -0.504 e. The Kier molecular flexibility index (Phi) is 5.32. The van der Waals surface area contributed by atoms with Crippen molar-refractivity contribution in [2.75, 3.05) is 6.61 Å². The van der Waals surface area contributed by atoms with Gasteiger partial charge >= 0.3 is 0 Å². The van der Waals surface area contributed by atoms with E-state index in [-0.39, 0.29) is 5.75 Å². The topological polar surface area (TPSA) is 51.0 Å². The zero-order valence-electron chi connectivity index (χ0n) is 13.9. The highest BCUT2D eigenvalue weighted by atomic mass is 16.5. The number of para-hydroxylation sites is 2. The molecule has 0 radical (unpaired) electrons. The summed E-state index contributed by atoms with van der Waals surface area (Å²) in [5.41, 5.74) is 1.37. The van der Waals surface area contributed by atoms with Gasteiger partial charge in [-0.15, -0.1) is 0 Å². The van der Waals surface area contributed by atoms with Crippen LogP contribution in [0, 0.1) is 0 Å². The number of rotatable bonds is 6. The summed E-state index contributed by atoms with van der Waals surface area (Å²) in [6.45, 7) is 2.37. The maximum Gasteiger partial charge on any atom is 0.166 e. The monoisotopic (exact) mass is 333 g/mol. The van der Waals surface area contributed by atoms with Crippen molar-refractivity contribution in [1.29, 1.82) is 0 Å². The van der Waals surface area contributed by atoms with Gasteiger partial charge in [-0.3, -0.25) is 4.99 Å². The van der Waals surface area contributed by atoms with Crippen LogP contribution in [-0.2, 0) is 0 Å². The summed E-state index contributed by atoms with van der Waals surface area (Å²) in [5.74, 6) is 2.08. The van der Waals surface area contributed by atoms with Crippen molar-refractivity contribution in [1.82, 2.24) is 0 Å². The molecule has 0 aliphatic carbocycles. The van der Waals surface area contributed by atoms with E-state index in [1.807, 2.05) is 67.6 Å². The highest BCUT2D eigenvalue weighted by molar-refractivity contribution is 5.86. The lowest BCUT2D eigenvalue weighted by Gasteiger charge is -2.07. The van der Waals surface area contributed by atoms with Gasteiger partial charge in [-0.05, 0) is 55.5 Å². The quantitative estimate of drug-likeness (QED) is 0.620. The first kappa shape index (κ1) is 16.6. The summed E-state index contributed by atoms with van der Waals surface area (Å²) < 4.78 is 11.1. The first-order valence-corrected chi connectivity index (χ1v) is 8.08. The predicted octanol–water partition coefficient (Wildman–Crippen LogP) is 5.33. The normalized spacial score (nSPS) is 10.8. The van der Waals surface area contributed by atoms with Crippen LogP contribution >= 0.6 is 0 Å². The molecule has 126 valence electrons. The van der Waals surface area contributed by atoms with Gasteiger partial charge in [0.2, 0.25) is 0 Å². The van der Waals surface area contributed by atoms with Crippen LogP contribution < -0.4 is 9.47 Å². The van der Waals surface area contributed by atoms with Gasteiger partial charge in [0.15, 0.2) is 11.5 Å². The fourth-order valence-corrected chi connectivity index (χ4v) is 2.28. The van der Waals surface area contributed by atoms with Crippen LogP contribution in [0.25, 0.3) is 0 Å². The number of benzene rings is 3.